The van der Waals surface area contributed by atoms with Gasteiger partial charge in [-0.05, 0) is 35.6 Å². The van der Waals surface area contributed by atoms with E-state index in [0.717, 1.165) is 24.2 Å². The molecule has 0 spiro atoms. The monoisotopic (exact) mass is 220 g/mol. The van der Waals surface area contributed by atoms with Gasteiger partial charge in [0.1, 0.15) is 6.10 Å². The third kappa shape index (κ3) is 5.51. The molecule has 1 aromatic carbocycles. The molecule has 1 atom stereocenters. The maximum atomic E-state index is 9.47. The molecule has 80 valence electrons. The van der Waals surface area contributed by atoms with Crippen molar-refractivity contribution in [1.82, 2.24) is 0 Å². The van der Waals surface area contributed by atoms with Crippen LogP contribution in [0.3, 0.4) is 0 Å². The van der Waals surface area contributed by atoms with Crippen LogP contribution in [0.25, 0.3) is 0 Å². The van der Waals surface area contributed by atoms with E-state index >= 15 is 0 Å². The highest BCUT2D eigenvalue weighted by molar-refractivity contribution is 8.03. The molecule has 1 nitrogen and oxygen atoms in total. The standard InChI is InChI=1S/C13H16OS/c1-2-3-7-12(14)10-11-15-13-8-5-4-6-9-13/h4-6,8-9,12,14H,2-3,7H2,1H3. The van der Waals surface area contributed by atoms with Crippen molar-refractivity contribution >= 4 is 11.8 Å². The zero-order chi connectivity index (χ0) is 10.9. The fourth-order valence-corrected chi connectivity index (χ4v) is 1.72. The van der Waals surface area contributed by atoms with Crippen LogP contribution in [0.4, 0.5) is 0 Å². The Morgan fingerprint density at radius 2 is 2.07 bits per heavy atom. The van der Waals surface area contributed by atoms with Gasteiger partial charge in [0, 0.05) is 4.90 Å². The molecule has 1 unspecified atom stereocenters. The van der Waals surface area contributed by atoms with Gasteiger partial charge in [0.15, 0.2) is 0 Å². The molecular weight excluding hydrogens is 204 g/mol. The maximum Gasteiger partial charge on any atom is 0.115 e. The molecule has 0 heterocycles. The van der Waals surface area contributed by atoms with Crippen LogP contribution >= 0.6 is 11.8 Å². The smallest absolute Gasteiger partial charge is 0.115 e. The number of hydrogen-bond donors (Lipinski definition) is 1. The summed E-state index contributed by atoms with van der Waals surface area (Å²) in [5.74, 6) is 2.83. The number of benzene rings is 1. The predicted octanol–water partition coefficient (Wildman–Crippen LogP) is 3.29. The molecule has 0 aliphatic rings. The number of rotatable bonds is 4. The molecule has 2 heteroatoms. The van der Waals surface area contributed by atoms with Gasteiger partial charge >= 0.3 is 0 Å². The first-order chi connectivity index (χ1) is 7.33. The van der Waals surface area contributed by atoms with Crippen molar-refractivity contribution in [2.45, 2.75) is 37.2 Å². The van der Waals surface area contributed by atoms with E-state index in [4.69, 9.17) is 0 Å². The molecule has 1 aromatic rings. The van der Waals surface area contributed by atoms with Gasteiger partial charge in [-0.1, -0.05) is 43.9 Å². The second-order valence-electron chi connectivity index (χ2n) is 3.32. The van der Waals surface area contributed by atoms with Gasteiger partial charge in [-0.2, -0.15) is 0 Å². The Hall–Kier alpha value is -0.910. The van der Waals surface area contributed by atoms with Gasteiger partial charge in [0.2, 0.25) is 0 Å². The summed E-state index contributed by atoms with van der Waals surface area (Å²) in [7, 11) is 0. The molecule has 0 bridgehead atoms. The van der Waals surface area contributed by atoms with Crippen LogP contribution in [0.2, 0.25) is 0 Å². The quantitative estimate of drug-likeness (QED) is 0.620. The van der Waals surface area contributed by atoms with Gasteiger partial charge in [-0.15, -0.1) is 0 Å². The largest absolute Gasteiger partial charge is 0.380 e. The van der Waals surface area contributed by atoms with Crippen LogP contribution in [-0.4, -0.2) is 11.2 Å². The Morgan fingerprint density at radius 3 is 2.73 bits per heavy atom. The average molecular weight is 220 g/mol. The summed E-state index contributed by atoms with van der Waals surface area (Å²) in [5, 5.41) is 12.4. The number of aliphatic hydroxyl groups excluding tert-OH is 1. The molecule has 0 aliphatic carbocycles. The number of hydrogen-bond acceptors (Lipinski definition) is 2. The van der Waals surface area contributed by atoms with E-state index < -0.39 is 6.10 Å². The van der Waals surface area contributed by atoms with Gasteiger partial charge in [0.05, 0.1) is 0 Å². The lowest BCUT2D eigenvalue weighted by atomic mass is 10.2. The fraction of sp³-hybridized carbons (Fsp3) is 0.385. The Kier molecular flexibility index (Phi) is 5.99. The van der Waals surface area contributed by atoms with Crippen molar-refractivity contribution in [2.75, 3.05) is 0 Å². The van der Waals surface area contributed by atoms with Crippen LogP contribution in [0, 0.1) is 11.2 Å². The van der Waals surface area contributed by atoms with Crippen LogP contribution in [-0.2, 0) is 0 Å². The lowest BCUT2D eigenvalue weighted by Crippen LogP contribution is -2.01. The molecule has 0 saturated heterocycles. The fourth-order valence-electron chi connectivity index (χ4n) is 1.11. The summed E-state index contributed by atoms with van der Waals surface area (Å²) in [4.78, 5) is 1.12. The highest BCUT2D eigenvalue weighted by Gasteiger charge is 1.96. The zero-order valence-corrected chi connectivity index (χ0v) is 9.76. The van der Waals surface area contributed by atoms with E-state index in [-0.39, 0.29) is 0 Å². The number of aliphatic hydroxyl groups is 1. The summed E-state index contributed by atoms with van der Waals surface area (Å²) in [5.41, 5.74) is 0. The molecule has 0 amide bonds. The zero-order valence-electron chi connectivity index (χ0n) is 8.94. The summed E-state index contributed by atoms with van der Waals surface area (Å²) < 4.78 is 0. The van der Waals surface area contributed by atoms with Gasteiger partial charge in [-0.25, -0.2) is 0 Å². The molecular formula is C13H16OS. The minimum absolute atomic E-state index is 0.471. The average Bonchev–Trinajstić information content (AvgIpc) is 2.28. The lowest BCUT2D eigenvalue weighted by molar-refractivity contribution is 0.218. The SMILES string of the molecule is CCCCC(O)C#CSc1ccccc1. The van der Waals surface area contributed by atoms with E-state index in [2.05, 4.69) is 18.1 Å². The first kappa shape index (κ1) is 12.2. The van der Waals surface area contributed by atoms with Crippen molar-refractivity contribution in [3.63, 3.8) is 0 Å². The second kappa shape index (κ2) is 7.39. The highest BCUT2D eigenvalue weighted by atomic mass is 32.2. The van der Waals surface area contributed by atoms with E-state index in [1.807, 2.05) is 30.3 Å². The summed E-state index contributed by atoms with van der Waals surface area (Å²) >= 11 is 1.46. The Balaban J connectivity index is 2.33. The third-order valence-corrected chi connectivity index (χ3v) is 2.70. The summed E-state index contributed by atoms with van der Waals surface area (Å²) in [6, 6.07) is 9.97. The van der Waals surface area contributed by atoms with Crippen molar-refractivity contribution in [2.24, 2.45) is 0 Å². The molecule has 0 fully saturated rings. The Bertz CT molecular complexity index is 323. The van der Waals surface area contributed by atoms with Crippen molar-refractivity contribution in [1.29, 1.82) is 0 Å². The molecule has 0 saturated carbocycles. The first-order valence-electron chi connectivity index (χ1n) is 5.23. The lowest BCUT2D eigenvalue weighted by Gasteiger charge is -1.99. The number of thioether (sulfide) groups is 1. The summed E-state index contributed by atoms with van der Waals surface area (Å²) in [6.45, 7) is 2.11. The van der Waals surface area contributed by atoms with Gasteiger partial charge in [0.25, 0.3) is 0 Å². The van der Waals surface area contributed by atoms with E-state index in [1.54, 1.807) is 0 Å². The first-order valence-corrected chi connectivity index (χ1v) is 6.05. The highest BCUT2D eigenvalue weighted by Crippen LogP contribution is 2.15. The molecule has 0 radical (unpaired) electrons. The van der Waals surface area contributed by atoms with Gasteiger partial charge < -0.3 is 5.11 Å². The summed E-state index contributed by atoms with van der Waals surface area (Å²) in [6.07, 6.45) is 2.44. The Morgan fingerprint density at radius 1 is 1.33 bits per heavy atom. The van der Waals surface area contributed by atoms with Gasteiger partial charge in [-0.3, -0.25) is 0 Å². The minimum Gasteiger partial charge on any atom is -0.380 e. The molecule has 0 aromatic heterocycles. The van der Waals surface area contributed by atoms with Crippen LogP contribution < -0.4 is 0 Å². The minimum atomic E-state index is -0.471. The van der Waals surface area contributed by atoms with Crippen LogP contribution in [0.1, 0.15) is 26.2 Å². The predicted molar refractivity (Wildman–Crippen MR) is 65.6 cm³/mol. The van der Waals surface area contributed by atoms with Crippen LogP contribution in [0.15, 0.2) is 35.2 Å². The maximum absolute atomic E-state index is 9.47. The number of unbranched alkanes of at least 4 members (excludes halogenated alkanes) is 1. The second-order valence-corrected chi connectivity index (χ2v) is 4.20. The van der Waals surface area contributed by atoms with Crippen LogP contribution in [0.5, 0.6) is 0 Å². The van der Waals surface area contributed by atoms with E-state index in [0.29, 0.717) is 0 Å². The normalized spacial score (nSPS) is 11.6. The topological polar surface area (TPSA) is 20.2 Å². The molecule has 0 aliphatic heterocycles. The molecule has 15 heavy (non-hydrogen) atoms. The third-order valence-electron chi connectivity index (χ3n) is 1.97. The Labute approximate surface area is 95.9 Å². The van der Waals surface area contributed by atoms with Crippen molar-refractivity contribution < 1.29 is 5.11 Å². The van der Waals surface area contributed by atoms with E-state index in [9.17, 15) is 5.11 Å². The molecule has 1 N–H and O–H groups in total. The van der Waals surface area contributed by atoms with Crippen molar-refractivity contribution in [3.8, 4) is 11.2 Å². The van der Waals surface area contributed by atoms with E-state index in [1.165, 1.54) is 11.8 Å². The van der Waals surface area contributed by atoms with Crippen molar-refractivity contribution in [3.05, 3.63) is 30.3 Å². The molecule has 1 rings (SSSR count).